The highest BCUT2D eigenvalue weighted by atomic mass is 32.2. The highest BCUT2D eigenvalue weighted by Gasteiger charge is 2.34. The Balaban J connectivity index is 1.69. The quantitative estimate of drug-likeness (QED) is 0.329. The van der Waals surface area contributed by atoms with Crippen LogP contribution in [0.15, 0.2) is 62.8 Å². The number of likely N-dealkylation sites (N-methyl/N-ethyl adjacent to an activating group) is 1. The average Bonchev–Trinajstić information content (AvgIpc) is 3.40. The average molecular weight is 707 g/mol. The second kappa shape index (κ2) is 15.8. The molecule has 1 aromatic heterocycles. The maximum atomic E-state index is 14.4. The number of hydrogen-bond acceptors (Lipinski definition) is 10. The minimum absolute atomic E-state index is 0.00791. The summed E-state index contributed by atoms with van der Waals surface area (Å²) in [5.74, 6) is -0.406. The molecule has 1 aliphatic rings. The van der Waals surface area contributed by atoms with E-state index in [4.69, 9.17) is 14.0 Å². The summed E-state index contributed by atoms with van der Waals surface area (Å²) in [6, 6.07) is 11.8. The van der Waals surface area contributed by atoms with Crippen LogP contribution < -0.4 is 9.46 Å². The molecule has 2 N–H and O–H groups in total. The first-order valence-corrected chi connectivity index (χ1v) is 18.9. The van der Waals surface area contributed by atoms with E-state index in [1.165, 1.54) is 34.5 Å². The van der Waals surface area contributed by atoms with Gasteiger partial charge in [0.2, 0.25) is 10.0 Å². The van der Waals surface area contributed by atoms with Crippen molar-refractivity contribution < 1.29 is 40.7 Å². The van der Waals surface area contributed by atoms with Crippen molar-refractivity contribution in [2.24, 2.45) is 5.92 Å². The number of aliphatic hydroxyl groups excluding tert-OH is 1. The Labute approximate surface area is 283 Å². The zero-order valence-corrected chi connectivity index (χ0v) is 29.9. The first-order chi connectivity index (χ1) is 22.6. The number of rotatable bonds is 9. The number of aliphatic hydroxyl groups is 1. The second-order valence-corrected chi connectivity index (χ2v) is 16.0. The van der Waals surface area contributed by atoms with E-state index < -0.39 is 44.0 Å². The van der Waals surface area contributed by atoms with Crippen LogP contribution >= 0.6 is 0 Å². The summed E-state index contributed by atoms with van der Waals surface area (Å²) in [6.07, 6.45) is 1.19. The zero-order chi connectivity index (χ0) is 35.2. The number of fused-ring (bicyclic) bond motifs is 1. The fraction of sp³-hybridized carbons (Fsp3) is 0.515. The highest BCUT2D eigenvalue weighted by Crippen LogP contribution is 2.30. The van der Waals surface area contributed by atoms with Crippen LogP contribution in [0.2, 0.25) is 0 Å². The van der Waals surface area contributed by atoms with Gasteiger partial charge < -0.3 is 24.0 Å². The van der Waals surface area contributed by atoms with Crippen LogP contribution in [0, 0.1) is 19.8 Å². The smallest absolute Gasteiger partial charge is 0.261 e. The van der Waals surface area contributed by atoms with E-state index in [0.29, 0.717) is 19.4 Å². The van der Waals surface area contributed by atoms with Crippen LogP contribution in [0.4, 0.5) is 5.69 Å². The van der Waals surface area contributed by atoms with Crippen molar-refractivity contribution in [3.05, 3.63) is 65.5 Å². The fourth-order valence-corrected chi connectivity index (χ4v) is 8.15. The van der Waals surface area contributed by atoms with Crippen molar-refractivity contribution >= 4 is 31.6 Å². The monoisotopic (exact) mass is 706 g/mol. The number of amides is 1. The summed E-state index contributed by atoms with van der Waals surface area (Å²) in [5.41, 5.74) is 0.545. The largest absolute Gasteiger partial charge is 0.490 e. The molecule has 0 aliphatic carbocycles. The Morgan fingerprint density at radius 3 is 2.44 bits per heavy atom. The maximum absolute atomic E-state index is 14.4. The first-order valence-electron chi connectivity index (χ1n) is 16.0. The Morgan fingerprint density at radius 1 is 1.08 bits per heavy atom. The molecule has 0 saturated carbocycles. The lowest BCUT2D eigenvalue weighted by Gasteiger charge is -2.35. The molecule has 3 aromatic rings. The molecule has 0 unspecified atom stereocenters. The van der Waals surface area contributed by atoms with Gasteiger partial charge in [0.1, 0.15) is 16.3 Å². The Morgan fingerprint density at radius 2 is 1.79 bits per heavy atom. The Bertz CT molecular complexity index is 1740. The first kappa shape index (κ1) is 37.3. The Hall–Kier alpha value is -3.50. The number of anilines is 1. The summed E-state index contributed by atoms with van der Waals surface area (Å²) in [4.78, 5) is 15.9. The van der Waals surface area contributed by atoms with Crippen molar-refractivity contribution in [2.45, 2.75) is 81.9 Å². The van der Waals surface area contributed by atoms with Gasteiger partial charge in [-0.05, 0) is 77.3 Å². The number of benzene rings is 2. The summed E-state index contributed by atoms with van der Waals surface area (Å²) in [7, 11) is -6.45. The molecule has 4 atom stereocenters. The third-order valence-electron chi connectivity index (χ3n) is 8.43. The lowest BCUT2D eigenvalue weighted by atomic mass is 10.0. The van der Waals surface area contributed by atoms with Gasteiger partial charge in [0, 0.05) is 38.3 Å². The van der Waals surface area contributed by atoms with Crippen LogP contribution in [0.1, 0.15) is 61.8 Å². The predicted octanol–water partition coefficient (Wildman–Crippen LogP) is 4.21. The number of ether oxygens (including phenoxy) is 2. The molecule has 15 heteroatoms. The highest BCUT2D eigenvalue weighted by molar-refractivity contribution is 7.92. The van der Waals surface area contributed by atoms with E-state index in [2.05, 4.69) is 9.88 Å². The third kappa shape index (κ3) is 8.74. The summed E-state index contributed by atoms with van der Waals surface area (Å²) < 4.78 is 74.7. The van der Waals surface area contributed by atoms with Gasteiger partial charge in [0.25, 0.3) is 15.9 Å². The predicted molar refractivity (Wildman–Crippen MR) is 180 cm³/mol. The Kier molecular flexibility index (Phi) is 12.3. The molecule has 2 heterocycles. The standard InChI is InChI=1S/C33H46N4O9S2/c1-22-19-37(23(2)21-38)33(39)29-18-27(35-47(40,41)28-13-8-7-9-14-28)15-16-30(29)45-24(3)12-10-11-17-44-31(22)20-36(6)48(42,43)32-25(4)34-46-26(32)5/h7-9,13-16,18,22-24,31,35,38H,10-12,17,19-21H2,1-6H3/t22-,23-,24-,31+/m1/s1. The van der Waals surface area contributed by atoms with E-state index >= 15 is 0 Å². The minimum Gasteiger partial charge on any atom is -0.490 e. The zero-order valence-electron chi connectivity index (χ0n) is 28.2. The fourth-order valence-electron chi connectivity index (χ4n) is 5.61. The third-order valence-corrected chi connectivity index (χ3v) is 11.9. The molecular weight excluding hydrogens is 661 g/mol. The summed E-state index contributed by atoms with van der Waals surface area (Å²) in [5, 5.41) is 14.0. The molecule has 1 aliphatic heterocycles. The van der Waals surface area contributed by atoms with Crippen LogP contribution in [0.3, 0.4) is 0 Å². The van der Waals surface area contributed by atoms with Crippen LogP contribution in [-0.4, -0.2) is 93.8 Å². The van der Waals surface area contributed by atoms with Gasteiger partial charge in [-0.25, -0.2) is 16.8 Å². The molecule has 1 amide bonds. The molecule has 0 fully saturated rings. The number of nitrogens with one attached hydrogen (secondary N) is 1. The van der Waals surface area contributed by atoms with Crippen molar-refractivity contribution in [1.82, 2.24) is 14.4 Å². The van der Waals surface area contributed by atoms with Crippen molar-refractivity contribution in [2.75, 3.05) is 38.1 Å². The van der Waals surface area contributed by atoms with E-state index in [0.717, 1.165) is 6.42 Å². The van der Waals surface area contributed by atoms with Crippen LogP contribution in [0.25, 0.3) is 0 Å². The van der Waals surface area contributed by atoms with Gasteiger partial charge in [0.15, 0.2) is 5.76 Å². The molecule has 0 spiro atoms. The molecular formula is C33H46N4O9S2. The van der Waals surface area contributed by atoms with Gasteiger partial charge >= 0.3 is 0 Å². The number of hydrogen-bond donors (Lipinski definition) is 2. The molecule has 0 radical (unpaired) electrons. The second-order valence-electron chi connectivity index (χ2n) is 12.4. The topological polar surface area (TPSA) is 169 Å². The number of carbonyl (C=O) groups excluding carboxylic acids is 1. The van der Waals surface area contributed by atoms with Gasteiger partial charge in [-0.15, -0.1) is 0 Å². The number of aromatic nitrogens is 1. The number of aryl methyl sites for hydroxylation is 2. The molecule has 48 heavy (non-hydrogen) atoms. The molecule has 0 saturated heterocycles. The molecule has 4 rings (SSSR count). The van der Waals surface area contributed by atoms with E-state index in [-0.39, 0.29) is 64.0 Å². The normalized spacial score (nSPS) is 20.9. The molecule has 13 nitrogen and oxygen atoms in total. The van der Waals surface area contributed by atoms with Gasteiger partial charge in [0.05, 0.1) is 35.3 Å². The summed E-state index contributed by atoms with van der Waals surface area (Å²) >= 11 is 0. The number of carbonyl (C=O) groups is 1. The lowest BCUT2D eigenvalue weighted by Crippen LogP contribution is -2.48. The van der Waals surface area contributed by atoms with Crippen LogP contribution in [0.5, 0.6) is 5.75 Å². The van der Waals surface area contributed by atoms with E-state index in [1.54, 1.807) is 51.1 Å². The number of sulfonamides is 2. The van der Waals surface area contributed by atoms with Gasteiger partial charge in [-0.2, -0.15) is 4.31 Å². The van der Waals surface area contributed by atoms with Crippen molar-refractivity contribution in [3.63, 3.8) is 0 Å². The summed E-state index contributed by atoms with van der Waals surface area (Å²) in [6.45, 7) is 8.66. The molecule has 0 bridgehead atoms. The maximum Gasteiger partial charge on any atom is 0.261 e. The minimum atomic E-state index is -3.97. The molecule has 2 aromatic carbocycles. The van der Waals surface area contributed by atoms with Gasteiger partial charge in [-0.1, -0.05) is 30.3 Å². The van der Waals surface area contributed by atoms with Crippen molar-refractivity contribution in [3.8, 4) is 5.75 Å². The van der Waals surface area contributed by atoms with Gasteiger partial charge in [-0.3, -0.25) is 9.52 Å². The number of nitrogens with zero attached hydrogens (tertiary/aromatic N) is 3. The van der Waals surface area contributed by atoms with E-state index in [9.17, 15) is 26.7 Å². The molecule has 264 valence electrons. The van der Waals surface area contributed by atoms with Crippen LogP contribution in [-0.2, 0) is 24.8 Å². The SMILES string of the molecule is Cc1noc(C)c1S(=O)(=O)N(C)C[C@@H]1OCCCC[C@@H](C)Oc2ccc(NS(=O)(=O)c3ccccc3)cc2C(=O)N([C@H](C)CO)C[C@H]1C. The van der Waals surface area contributed by atoms with E-state index in [1.807, 2.05) is 13.8 Å². The lowest BCUT2D eigenvalue weighted by molar-refractivity contribution is -0.00835. The van der Waals surface area contributed by atoms with Crippen molar-refractivity contribution in [1.29, 1.82) is 0 Å².